The summed E-state index contributed by atoms with van der Waals surface area (Å²) < 4.78 is 43.3. The van der Waals surface area contributed by atoms with E-state index < -0.39 is 19.4 Å². The van der Waals surface area contributed by atoms with E-state index >= 15 is 0 Å². The van der Waals surface area contributed by atoms with Gasteiger partial charge in [-0.15, -0.1) is 11.3 Å². The molecule has 1 heterocycles. The molecule has 1 aromatic rings. The van der Waals surface area contributed by atoms with Crippen molar-refractivity contribution in [1.82, 2.24) is 0 Å². The van der Waals surface area contributed by atoms with E-state index in [0.717, 1.165) is 11.3 Å². The second-order valence-electron chi connectivity index (χ2n) is 6.18. The molecule has 19 heavy (non-hydrogen) atoms. The van der Waals surface area contributed by atoms with Gasteiger partial charge in [-0.2, -0.15) is 13.2 Å². The number of rotatable bonds is 4. The van der Waals surface area contributed by atoms with E-state index in [0.29, 0.717) is 18.6 Å². The standard InChI is InChI=1S/C13H21F3OSSi/c1-12(2,3)19(4,5)17-7-6-10-8-11(18-9-10)13(14,15)16/h8-9H,6-7H2,1-5H3. The second-order valence-corrected chi connectivity index (χ2v) is 11.9. The molecule has 1 aromatic heterocycles. The van der Waals surface area contributed by atoms with Crippen LogP contribution in [0.25, 0.3) is 0 Å². The fourth-order valence-corrected chi connectivity index (χ4v) is 3.16. The lowest BCUT2D eigenvalue weighted by molar-refractivity contribution is -0.134. The van der Waals surface area contributed by atoms with Crippen molar-refractivity contribution in [3.05, 3.63) is 21.9 Å². The molecule has 1 rings (SSSR count). The molecule has 1 nitrogen and oxygen atoms in total. The maximum absolute atomic E-state index is 12.5. The van der Waals surface area contributed by atoms with Gasteiger partial charge in [0.2, 0.25) is 0 Å². The Morgan fingerprint density at radius 1 is 1.21 bits per heavy atom. The van der Waals surface area contributed by atoms with Crippen LogP contribution >= 0.6 is 11.3 Å². The van der Waals surface area contributed by atoms with Gasteiger partial charge in [0, 0.05) is 6.61 Å². The minimum Gasteiger partial charge on any atom is -0.416 e. The number of hydrogen-bond acceptors (Lipinski definition) is 2. The fourth-order valence-electron chi connectivity index (χ4n) is 1.30. The van der Waals surface area contributed by atoms with Crippen LogP contribution in [0.1, 0.15) is 31.2 Å². The number of thiophene rings is 1. The van der Waals surface area contributed by atoms with Crippen LogP contribution in [-0.4, -0.2) is 14.9 Å². The third-order valence-corrected chi connectivity index (χ3v) is 9.16. The van der Waals surface area contributed by atoms with Crippen LogP contribution in [0.4, 0.5) is 13.2 Å². The van der Waals surface area contributed by atoms with Crippen LogP contribution < -0.4 is 0 Å². The Kier molecular flexibility index (Phi) is 4.91. The van der Waals surface area contributed by atoms with Crippen molar-refractivity contribution in [2.45, 2.75) is 51.5 Å². The van der Waals surface area contributed by atoms with Gasteiger partial charge in [-0.05, 0) is 41.6 Å². The van der Waals surface area contributed by atoms with Gasteiger partial charge in [0.15, 0.2) is 8.32 Å². The lowest BCUT2D eigenvalue weighted by Gasteiger charge is -2.36. The van der Waals surface area contributed by atoms with Gasteiger partial charge in [-0.3, -0.25) is 0 Å². The molecule has 0 saturated carbocycles. The summed E-state index contributed by atoms with van der Waals surface area (Å²) >= 11 is 0.751. The summed E-state index contributed by atoms with van der Waals surface area (Å²) in [5.74, 6) is 0. The molecular formula is C13H21F3OSSi. The lowest BCUT2D eigenvalue weighted by atomic mass is 10.2. The Labute approximate surface area is 117 Å². The monoisotopic (exact) mass is 310 g/mol. The molecule has 6 heteroatoms. The molecule has 0 aliphatic rings. The van der Waals surface area contributed by atoms with Crippen LogP contribution in [0.5, 0.6) is 0 Å². The number of halogens is 3. The molecule has 0 aliphatic heterocycles. The minimum atomic E-state index is -4.23. The molecule has 0 atom stereocenters. The highest BCUT2D eigenvalue weighted by molar-refractivity contribution is 7.10. The highest BCUT2D eigenvalue weighted by atomic mass is 32.1. The third-order valence-electron chi connectivity index (χ3n) is 3.59. The van der Waals surface area contributed by atoms with E-state index in [2.05, 4.69) is 33.9 Å². The summed E-state index contributed by atoms with van der Waals surface area (Å²) in [5.41, 5.74) is 0.705. The van der Waals surface area contributed by atoms with Crippen molar-refractivity contribution in [2.75, 3.05) is 6.61 Å². The van der Waals surface area contributed by atoms with Crippen molar-refractivity contribution in [1.29, 1.82) is 0 Å². The Hall–Kier alpha value is -0.333. The van der Waals surface area contributed by atoms with Gasteiger partial charge in [-0.25, -0.2) is 0 Å². The summed E-state index contributed by atoms with van der Waals surface area (Å²) in [6.45, 7) is 11.2. The molecule has 0 N–H and O–H groups in total. The summed E-state index contributed by atoms with van der Waals surface area (Å²) in [5, 5.41) is 1.69. The van der Waals surface area contributed by atoms with Gasteiger partial charge < -0.3 is 4.43 Å². The number of alkyl halides is 3. The molecule has 0 spiro atoms. The van der Waals surface area contributed by atoms with E-state index in [1.165, 1.54) is 6.07 Å². The second kappa shape index (κ2) is 5.58. The third kappa shape index (κ3) is 4.61. The van der Waals surface area contributed by atoms with Gasteiger partial charge >= 0.3 is 6.18 Å². The largest absolute Gasteiger partial charge is 0.425 e. The Bertz CT molecular complexity index is 418. The molecule has 0 bridgehead atoms. The lowest BCUT2D eigenvalue weighted by Crippen LogP contribution is -2.41. The van der Waals surface area contributed by atoms with Crippen LogP contribution in [0.3, 0.4) is 0 Å². The van der Waals surface area contributed by atoms with Crippen LogP contribution in [0.15, 0.2) is 11.4 Å². The van der Waals surface area contributed by atoms with Gasteiger partial charge in [0.25, 0.3) is 0 Å². The normalized spacial score (nSPS) is 13.9. The van der Waals surface area contributed by atoms with Crippen molar-refractivity contribution in [2.24, 2.45) is 0 Å². The van der Waals surface area contributed by atoms with Crippen LogP contribution in [0, 0.1) is 0 Å². The average Bonchev–Trinajstić information content (AvgIpc) is 2.63. The van der Waals surface area contributed by atoms with E-state index in [-0.39, 0.29) is 5.04 Å². The zero-order valence-corrected chi connectivity index (χ0v) is 13.8. The first-order chi connectivity index (χ1) is 8.43. The summed E-state index contributed by atoms with van der Waals surface area (Å²) in [4.78, 5) is -0.533. The molecule has 0 unspecified atom stereocenters. The van der Waals surface area contributed by atoms with E-state index in [9.17, 15) is 13.2 Å². The van der Waals surface area contributed by atoms with E-state index in [1.54, 1.807) is 5.38 Å². The first kappa shape index (κ1) is 16.7. The Morgan fingerprint density at radius 3 is 2.21 bits per heavy atom. The topological polar surface area (TPSA) is 9.23 Å². The highest BCUT2D eigenvalue weighted by Crippen LogP contribution is 2.37. The van der Waals surface area contributed by atoms with Crippen LogP contribution in [-0.2, 0) is 17.0 Å². The molecule has 0 amide bonds. The zero-order valence-electron chi connectivity index (χ0n) is 12.0. The van der Waals surface area contributed by atoms with Gasteiger partial charge in [0.05, 0.1) is 0 Å². The molecule has 110 valence electrons. The average molecular weight is 310 g/mol. The fraction of sp³-hybridized carbons (Fsp3) is 0.692. The first-order valence-corrected chi connectivity index (χ1v) is 10.0. The molecule has 0 aliphatic carbocycles. The molecule has 0 fully saturated rings. The number of hydrogen-bond donors (Lipinski definition) is 0. The van der Waals surface area contributed by atoms with Crippen molar-refractivity contribution >= 4 is 19.7 Å². The van der Waals surface area contributed by atoms with Crippen molar-refractivity contribution < 1.29 is 17.6 Å². The maximum Gasteiger partial charge on any atom is 0.425 e. The summed E-state index contributed by atoms with van der Waals surface area (Å²) in [6, 6.07) is 1.22. The van der Waals surface area contributed by atoms with E-state index in [4.69, 9.17) is 4.43 Å². The quantitative estimate of drug-likeness (QED) is 0.683. The zero-order chi connectivity index (χ0) is 14.9. The Balaban J connectivity index is 2.53. The highest BCUT2D eigenvalue weighted by Gasteiger charge is 2.37. The Morgan fingerprint density at radius 2 is 1.79 bits per heavy atom. The van der Waals surface area contributed by atoms with Gasteiger partial charge in [-0.1, -0.05) is 20.8 Å². The minimum absolute atomic E-state index is 0.124. The maximum atomic E-state index is 12.5. The van der Waals surface area contributed by atoms with Crippen molar-refractivity contribution in [3.8, 4) is 0 Å². The predicted molar refractivity (Wildman–Crippen MR) is 76.2 cm³/mol. The molecule has 0 saturated heterocycles. The van der Waals surface area contributed by atoms with Gasteiger partial charge in [0.1, 0.15) is 4.88 Å². The smallest absolute Gasteiger partial charge is 0.416 e. The van der Waals surface area contributed by atoms with Crippen molar-refractivity contribution in [3.63, 3.8) is 0 Å². The van der Waals surface area contributed by atoms with Crippen LogP contribution in [0.2, 0.25) is 18.1 Å². The SMILES string of the molecule is CC(C)(C)[Si](C)(C)OCCc1csc(C(F)(F)F)c1. The first-order valence-electron chi connectivity index (χ1n) is 6.22. The molecular weight excluding hydrogens is 289 g/mol. The van der Waals surface area contributed by atoms with E-state index in [1.807, 2.05) is 0 Å². The predicted octanol–water partition coefficient (Wildman–Crippen LogP) is 5.33. The summed E-state index contributed by atoms with van der Waals surface area (Å²) in [6.07, 6.45) is -3.69. The molecule has 0 aromatic carbocycles. The molecule has 0 radical (unpaired) electrons. The summed E-state index contributed by atoms with van der Waals surface area (Å²) in [7, 11) is -1.81.